The summed E-state index contributed by atoms with van der Waals surface area (Å²) in [6.45, 7) is 0. The van der Waals surface area contributed by atoms with Crippen molar-refractivity contribution in [2.24, 2.45) is 0 Å². The maximum Gasteiger partial charge on any atom is 0.586 e. The molecule has 0 aliphatic carbocycles. The van der Waals surface area contributed by atoms with Gasteiger partial charge in [-0.05, 0) is 12.1 Å². The molecule has 1 heterocycles. The van der Waals surface area contributed by atoms with E-state index in [1.165, 1.54) is 19.2 Å². The summed E-state index contributed by atoms with van der Waals surface area (Å²) in [5.41, 5.74) is -0.294. The highest BCUT2D eigenvalue weighted by Gasteiger charge is 2.46. The van der Waals surface area contributed by atoms with Crippen molar-refractivity contribution in [3.8, 4) is 17.2 Å². The minimum absolute atomic E-state index is 0.0232. The van der Waals surface area contributed by atoms with Crippen LogP contribution in [0.1, 0.15) is 0 Å². The zero-order valence-electron chi connectivity index (χ0n) is 8.11. The van der Waals surface area contributed by atoms with Gasteiger partial charge in [0.2, 0.25) is 0 Å². The molecule has 8 heteroatoms. The summed E-state index contributed by atoms with van der Waals surface area (Å²) in [6.07, 6.45) is -3.81. The van der Waals surface area contributed by atoms with E-state index in [-0.39, 0.29) is 17.0 Å². The lowest BCUT2D eigenvalue weighted by molar-refractivity contribution is -0.286. The van der Waals surface area contributed by atoms with E-state index in [1.807, 2.05) is 0 Å². The van der Waals surface area contributed by atoms with Gasteiger partial charge in [-0.15, -0.1) is 8.78 Å². The van der Waals surface area contributed by atoms with Crippen molar-refractivity contribution >= 4 is 12.6 Å². The van der Waals surface area contributed by atoms with Crippen LogP contribution < -0.4 is 19.7 Å². The second kappa shape index (κ2) is 3.50. The molecule has 0 saturated heterocycles. The number of benzene rings is 1. The van der Waals surface area contributed by atoms with Crippen molar-refractivity contribution in [2.75, 3.05) is 7.11 Å². The molecule has 0 unspecified atom stereocenters. The number of alkyl halides is 2. The zero-order chi connectivity index (χ0) is 11.9. The largest absolute Gasteiger partial charge is 0.586 e. The topological polar surface area (TPSA) is 68.2 Å². The Bertz CT molecular complexity index is 423. The third kappa shape index (κ3) is 1.65. The Hall–Kier alpha value is -1.54. The maximum absolute atomic E-state index is 12.8. The van der Waals surface area contributed by atoms with Gasteiger partial charge in [-0.25, -0.2) is 0 Å². The highest BCUT2D eigenvalue weighted by Crippen LogP contribution is 2.41. The first-order valence-electron chi connectivity index (χ1n) is 4.27. The molecule has 16 heavy (non-hydrogen) atoms. The first kappa shape index (κ1) is 11.0. The maximum atomic E-state index is 12.8. The van der Waals surface area contributed by atoms with Gasteiger partial charge >= 0.3 is 13.4 Å². The van der Waals surface area contributed by atoms with Gasteiger partial charge in [-0.2, -0.15) is 0 Å². The normalized spacial score (nSPS) is 16.1. The molecule has 1 aliphatic rings. The molecule has 0 spiro atoms. The molecule has 1 aromatic carbocycles. The molecular weight excluding hydrogens is 225 g/mol. The Labute approximate surface area is 89.3 Å². The van der Waals surface area contributed by atoms with Crippen LogP contribution in [0.2, 0.25) is 0 Å². The van der Waals surface area contributed by atoms with Gasteiger partial charge in [0, 0.05) is 0 Å². The third-order valence-corrected chi connectivity index (χ3v) is 2.05. The standard InChI is InChI=1S/C8H7BF2O5/c1-14-4-2-3-5-7(6(4)9(12)13)16-8(10,11)15-5/h2-3,12-13H,1H3. The van der Waals surface area contributed by atoms with E-state index in [9.17, 15) is 8.78 Å². The summed E-state index contributed by atoms with van der Waals surface area (Å²) >= 11 is 0. The first-order chi connectivity index (χ1) is 7.44. The predicted molar refractivity (Wildman–Crippen MR) is 49.0 cm³/mol. The van der Waals surface area contributed by atoms with Crippen molar-refractivity contribution in [3.63, 3.8) is 0 Å². The van der Waals surface area contributed by atoms with Gasteiger partial charge in [0.1, 0.15) is 5.75 Å². The van der Waals surface area contributed by atoms with Gasteiger partial charge in [0.15, 0.2) is 11.5 Å². The summed E-state index contributed by atoms with van der Waals surface area (Å²) in [7, 11) is -0.732. The van der Waals surface area contributed by atoms with Crippen LogP contribution in [0, 0.1) is 0 Å². The van der Waals surface area contributed by atoms with E-state index in [1.54, 1.807) is 0 Å². The molecule has 86 valence electrons. The van der Waals surface area contributed by atoms with Crippen molar-refractivity contribution < 1.29 is 33.0 Å². The molecule has 0 amide bonds. The van der Waals surface area contributed by atoms with Gasteiger partial charge in [-0.1, -0.05) is 0 Å². The monoisotopic (exact) mass is 232 g/mol. The highest BCUT2D eigenvalue weighted by atomic mass is 19.3. The summed E-state index contributed by atoms with van der Waals surface area (Å²) in [5.74, 6) is -0.677. The average Bonchev–Trinajstić information content (AvgIpc) is 2.49. The number of hydrogen-bond acceptors (Lipinski definition) is 5. The van der Waals surface area contributed by atoms with Crippen LogP contribution in [0.4, 0.5) is 8.78 Å². The number of rotatable bonds is 2. The molecule has 1 aromatic rings. The lowest BCUT2D eigenvalue weighted by Gasteiger charge is -2.10. The van der Waals surface area contributed by atoms with Crippen LogP contribution in [0.25, 0.3) is 0 Å². The first-order valence-corrected chi connectivity index (χ1v) is 4.27. The lowest BCUT2D eigenvalue weighted by Crippen LogP contribution is -2.34. The van der Waals surface area contributed by atoms with Crippen LogP contribution in [0.3, 0.4) is 0 Å². The van der Waals surface area contributed by atoms with Crippen molar-refractivity contribution in [3.05, 3.63) is 12.1 Å². The zero-order valence-corrected chi connectivity index (χ0v) is 8.11. The van der Waals surface area contributed by atoms with Crippen molar-refractivity contribution in [1.82, 2.24) is 0 Å². The van der Waals surface area contributed by atoms with E-state index < -0.39 is 19.2 Å². The molecule has 2 N–H and O–H groups in total. The number of hydrogen-bond donors (Lipinski definition) is 2. The highest BCUT2D eigenvalue weighted by molar-refractivity contribution is 6.61. The Morgan fingerprint density at radius 1 is 1.31 bits per heavy atom. The number of ether oxygens (including phenoxy) is 3. The minimum atomic E-state index is -3.81. The second-order valence-corrected chi connectivity index (χ2v) is 3.05. The van der Waals surface area contributed by atoms with Crippen molar-refractivity contribution in [1.29, 1.82) is 0 Å². The third-order valence-electron chi connectivity index (χ3n) is 2.05. The average molecular weight is 232 g/mol. The smallest absolute Gasteiger partial charge is 0.497 e. The molecule has 0 fully saturated rings. The fourth-order valence-corrected chi connectivity index (χ4v) is 1.44. The van der Waals surface area contributed by atoms with E-state index in [4.69, 9.17) is 14.8 Å². The fourth-order valence-electron chi connectivity index (χ4n) is 1.44. The Morgan fingerprint density at radius 2 is 2.00 bits per heavy atom. The molecule has 1 aliphatic heterocycles. The van der Waals surface area contributed by atoms with Crippen LogP contribution in [0.5, 0.6) is 17.2 Å². The van der Waals surface area contributed by atoms with Crippen LogP contribution in [-0.2, 0) is 0 Å². The molecular formula is C8H7BF2O5. The molecule has 2 rings (SSSR count). The molecule has 0 atom stereocenters. The van der Waals surface area contributed by atoms with E-state index in [2.05, 4.69) is 9.47 Å². The summed E-state index contributed by atoms with van der Waals surface area (Å²) in [5, 5.41) is 18.1. The van der Waals surface area contributed by atoms with Gasteiger partial charge < -0.3 is 24.3 Å². The van der Waals surface area contributed by atoms with Gasteiger partial charge in [0.25, 0.3) is 0 Å². The quantitative estimate of drug-likeness (QED) is 0.685. The second-order valence-electron chi connectivity index (χ2n) is 3.05. The molecule has 0 saturated carbocycles. The fraction of sp³-hybridized carbons (Fsp3) is 0.250. The van der Waals surface area contributed by atoms with Crippen LogP contribution in [-0.4, -0.2) is 30.6 Å². The molecule has 0 radical (unpaired) electrons. The van der Waals surface area contributed by atoms with E-state index in [0.717, 1.165) is 0 Å². The SMILES string of the molecule is COc1ccc2c(c1B(O)O)OC(F)(F)O2. The Kier molecular flexibility index (Phi) is 2.40. The number of halogens is 2. The predicted octanol–water partition coefficient (Wildman–Crippen LogP) is -0.303. The van der Waals surface area contributed by atoms with E-state index >= 15 is 0 Å². The lowest BCUT2D eigenvalue weighted by atomic mass is 9.78. The van der Waals surface area contributed by atoms with Gasteiger partial charge in [-0.3, -0.25) is 0 Å². The van der Waals surface area contributed by atoms with E-state index in [0.29, 0.717) is 0 Å². The Balaban J connectivity index is 2.55. The summed E-state index contributed by atoms with van der Waals surface area (Å²) in [6, 6.07) is 2.47. The van der Waals surface area contributed by atoms with Crippen LogP contribution in [0.15, 0.2) is 12.1 Å². The number of methoxy groups -OCH3 is 1. The number of fused-ring (bicyclic) bond motifs is 1. The Morgan fingerprint density at radius 3 is 2.56 bits per heavy atom. The van der Waals surface area contributed by atoms with Gasteiger partial charge in [0.05, 0.1) is 12.6 Å². The van der Waals surface area contributed by atoms with Crippen molar-refractivity contribution in [2.45, 2.75) is 6.29 Å². The van der Waals surface area contributed by atoms with Crippen LogP contribution >= 0.6 is 0 Å². The molecule has 5 nitrogen and oxygen atoms in total. The molecule has 0 aromatic heterocycles. The summed E-state index contributed by atoms with van der Waals surface area (Å²) in [4.78, 5) is 0. The summed E-state index contributed by atoms with van der Waals surface area (Å²) < 4.78 is 38.7. The molecule has 0 bridgehead atoms. The minimum Gasteiger partial charge on any atom is -0.497 e.